The minimum atomic E-state index is -1.58. The van der Waals surface area contributed by atoms with Gasteiger partial charge in [-0.3, -0.25) is 0 Å². The summed E-state index contributed by atoms with van der Waals surface area (Å²) in [5, 5.41) is 2.55. The van der Waals surface area contributed by atoms with E-state index >= 15 is 0 Å². The molecular formula is C18H24OSi. The van der Waals surface area contributed by atoms with Gasteiger partial charge in [-0.2, -0.15) is 0 Å². The molecule has 2 heteroatoms. The van der Waals surface area contributed by atoms with Crippen molar-refractivity contribution in [2.75, 3.05) is 0 Å². The molecule has 0 fully saturated rings. The maximum absolute atomic E-state index is 6.36. The lowest BCUT2D eigenvalue weighted by Gasteiger charge is -2.27. The van der Waals surface area contributed by atoms with E-state index in [1.807, 2.05) is 0 Å². The van der Waals surface area contributed by atoms with Gasteiger partial charge in [-0.1, -0.05) is 42.0 Å². The fraction of sp³-hybridized carbons (Fsp3) is 0.333. The summed E-state index contributed by atoms with van der Waals surface area (Å²) in [5.41, 5.74) is 2.43. The Morgan fingerprint density at radius 2 is 1.75 bits per heavy atom. The molecule has 2 aromatic rings. The molecule has 1 atom stereocenters. The molecule has 0 saturated carbocycles. The molecule has 0 bridgehead atoms. The maximum atomic E-state index is 6.36. The van der Waals surface area contributed by atoms with Gasteiger partial charge in [-0.15, -0.1) is 6.58 Å². The first kappa shape index (κ1) is 15.0. The van der Waals surface area contributed by atoms with Crippen molar-refractivity contribution in [2.45, 2.75) is 39.1 Å². The quantitative estimate of drug-likeness (QED) is 0.505. The van der Waals surface area contributed by atoms with Crippen molar-refractivity contribution in [1.29, 1.82) is 0 Å². The van der Waals surface area contributed by atoms with Crippen LogP contribution in [0.4, 0.5) is 0 Å². The number of hydrogen-bond acceptors (Lipinski definition) is 1. The summed E-state index contributed by atoms with van der Waals surface area (Å²) in [6, 6.07) is 15.1. The van der Waals surface area contributed by atoms with Crippen LogP contribution in [-0.4, -0.2) is 8.32 Å². The second-order valence-electron chi connectivity index (χ2n) is 6.49. The molecule has 0 aliphatic heterocycles. The Labute approximate surface area is 123 Å². The zero-order valence-electron chi connectivity index (χ0n) is 12.9. The summed E-state index contributed by atoms with van der Waals surface area (Å²) >= 11 is 0. The number of hydrogen-bond donors (Lipinski definition) is 0. The molecular weight excluding hydrogens is 260 g/mol. The van der Waals surface area contributed by atoms with Crippen molar-refractivity contribution >= 4 is 19.1 Å². The van der Waals surface area contributed by atoms with Crippen LogP contribution in [0.25, 0.3) is 10.8 Å². The molecule has 0 heterocycles. The van der Waals surface area contributed by atoms with E-state index in [2.05, 4.69) is 75.6 Å². The molecule has 0 N–H and O–H groups in total. The van der Waals surface area contributed by atoms with Gasteiger partial charge in [0.1, 0.15) is 0 Å². The van der Waals surface area contributed by atoms with Crippen LogP contribution in [0, 0.1) is 0 Å². The second kappa shape index (κ2) is 5.94. The van der Waals surface area contributed by atoms with Gasteiger partial charge in [0.05, 0.1) is 6.10 Å². The van der Waals surface area contributed by atoms with E-state index in [1.54, 1.807) is 0 Å². The van der Waals surface area contributed by atoms with Gasteiger partial charge in [0.25, 0.3) is 0 Å². The van der Waals surface area contributed by atoms with Crippen LogP contribution in [0.5, 0.6) is 0 Å². The van der Waals surface area contributed by atoms with Gasteiger partial charge < -0.3 is 4.43 Å². The first-order valence-corrected chi connectivity index (χ1v) is 10.6. The average molecular weight is 284 g/mol. The highest BCUT2D eigenvalue weighted by atomic mass is 28.4. The normalized spacial score (nSPS) is 13.4. The fourth-order valence-electron chi connectivity index (χ4n) is 2.38. The average Bonchev–Trinajstić information content (AvgIpc) is 2.35. The number of rotatable bonds is 5. The molecule has 106 valence electrons. The monoisotopic (exact) mass is 284 g/mol. The van der Waals surface area contributed by atoms with Gasteiger partial charge in [0.2, 0.25) is 0 Å². The summed E-state index contributed by atoms with van der Waals surface area (Å²) in [5.74, 6) is 0. The van der Waals surface area contributed by atoms with Crippen LogP contribution >= 0.6 is 0 Å². The predicted octanol–water partition coefficient (Wildman–Crippen LogP) is 5.70. The first-order chi connectivity index (χ1) is 9.35. The van der Waals surface area contributed by atoms with E-state index in [1.165, 1.54) is 21.9 Å². The Balaban J connectivity index is 2.36. The molecule has 0 radical (unpaired) electrons. The Kier molecular flexibility index (Phi) is 4.46. The molecule has 20 heavy (non-hydrogen) atoms. The minimum absolute atomic E-state index is 0.128. The van der Waals surface area contributed by atoms with Gasteiger partial charge in [0.15, 0.2) is 8.32 Å². The van der Waals surface area contributed by atoms with Gasteiger partial charge >= 0.3 is 0 Å². The molecule has 1 unspecified atom stereocenters. The smallest absolute Gasteiger partial charge is 0.184 e. The summed E-state index contributed by atoms with van der Waals surface area (Å²) < 4.78 is 6.36. The topological polar surface area (TPSA) is 9.23 Å². The number of benzene rings is 2. The van der Waals surface area contributed by atoms with E-state index in [0.717, 1.165) is 6.42 Å². The molecule has 0 aliphatic rings. The third-order valence-corrected chi connectivity index (χ3v) is 4.17. The summed E-state index contributed by atoms with van der Waals surface area (Å²) in [7, 11) is -1.58. The Morgan fingerprint density at radius 1 is 1.10 bits per heavy atom. The molecule has 0 spiro atoms. The molecule has 0 aromatic heterocycles. The fourth-order valence-corrected chi connectivity index (χ4v) is 3.45. The second-order valence-corrected chi connectivity index (χ2v) is 10.9. The molecule has 0 aliphatic carbocycles. The third kappa shape index (κ3) is 4.05. The maximum Gasteiger partial charge on any atom is 0.184 e. The van der Waals surface area contributed by atoms with Gasteiger partial charge in [-0.25, -0.2) is 0 Å². The standard InChI is InChI=1S/C18H24OSi/c1-14(2)12-18(19-20(3,4)5)17-11-10-15-8-6-7-9-16(15)13-17/h6-11,13,18H,1,12H2,2-5H3. The Hall–Kier alpha value is -1.38. The van der Waals surface area contributed by atoms with Crippen LogP contribution in [0.1, 0.15) is 25.0 Å². The van der Waals surface area contributed by atoms with E-state index in [4.69, 9.17) is 4.43 Å². The SMILES string of the molecule is C=C(C)CC(O[Si](C)(C)C)c1ccc2ccccc2c1. The van der Waals surface area contributed by atoms with Crippen molar-refractivity contribution in [3.8, 4) is 0 Å². The highest BCUT2D eigenvalue weighted by Gasteiger charge is 2.22. The predicted molar refractivity (Wildman–Crippen MR) is 90.6 cm³/mol. The highest BCUT2D eigenvalue weighted by Crippen LogP contribution is 2.30. The van der Waals surface area contributed by atoms with Gasteiger partial charge in [0, 0.05) is 0 Å². The largest absolute Gasteiger partial charge is 0.410 e. The van der Waals surface area contributed by atoms with E-state index in [-0.39, 0.29) is 6.10 Å². The van der Waals surface area contributed by atoms with E-state index in [0.29, 0.717) is 0 Å². The first-order valence-electron chi connectivity index (χ1n) is 7.16. The third-order valence-electron chi connectivity index (χ3n) is 3.17. The van der Waals surface area contributed by atoms with Crippen LogP contribution in [0.3, 0.4) is 0 Å². The van der Waals surface area contributed by atoms with Crippen molar-refractivity contribution in [2.24, 2.45) is 0 Å². The lowest BCUT2D eigenvalue weighted by molar-refractivity contribution is 0.198. The molecule has 1 nitrogen and oxygen atoms in total. The van der Waals surface area contributed by atoms with Crippen LogP contribution in [-0.2, 0) is 4.43 Å². The number of fused-ring (bicyclic) bond motifs is 1. The summed E-state index contributed by atoms with van der Waals surface area (Å²) in [6.45, 7) is 12.8. The van der Waals surface area contributed by atoms with Crippen LogP contribution in [0.2, 0.25) is 19.6 Å². The van der Waals surface area contributed by atoms with Gasteiger partial charge in [-0.05, 0) is 55.4 Å². The lowest BCUT2D eigenvalue weighted by Crippen LogP contribution is -2.28. The van der Waals surface area contributed by atoms with Crippen LogP contribution in [0.15, 0.2) is 54.6 Å². The minimum Gasteiger partial charge on any atom is -0.410 e. The Morgan fingerprint density at radius 3 is 2.35 bits per heavy atom. The van der Waals surface area contributed by atoms with Crippen molar-refractivity contribution in [3.05, 3.63) is 60.2 Å². The molecule has 2 rings (SSSR count). The Bertz CT molecular complexity index is 610. The summed E-state index contributed by atoms with van der Waals surface area (Å²) in [4.78, 5) is 0. The zero-order valence-corrected chi connectivity index (χ0v) is 13.9. The van der Waals surface area contributed by atoms with E-state index in [9.17, 15) is 0 Å². The summed E-state index contributed by atoms with van der Waals surface area (Å²) in [6.07, 6.45) is 1.02. The van der Waals surface area contributed by atoms with Crippen molar-refractivity contribution < 1.29 is 4.43 Å². The van der Waals surface area contributed by atoms with Crippen LogP contribution < -0.4 is 0 Å². The lowest BCUT2D eigenvalue weighted by atomic mass is 10.00. The molecule has 2 aromatic carbocycles. The highest BCUT2D eigenvalue weighted by molar-refractivity contribution is 6.69. The molecule has 0 amide bonds. The van der Waals surface area contributed by atoms with Crippen molar-refractivity contribution in [3.63, 3.8) is 0 Å². The molecule has 0 saturated heterocycles. The zero-order chi connectivity index (χ0) is 14.8. The van der Waals surface area contributed by atoms with E-state index < -0.39 is 8.32 Å². The van der Waals surface area contributed by atoms with Crippen molar-refractivity contribution in [1.82, 2.24) is 0 Å².